The van der Waals surface area contributed by atoms with Gasteiger partial charge in [0, 0.05) is 5.02 Å². The number of sulfonamides is 1. The molecule has 1 N–H and O–H groups in total. The molecule has 2 aromatic rings. The molecule has 0 heterocycles. The number of benzene rings is 2. The first-order valence-corrected chi connectivity index (χ1v) is 11.0. The van der Waals surface area contributed by atoms with Gasteiger partial charge >= 0.3 is 0 Å². The molecule has 0 saturated heterocycles. The lowest BCUT2D eigenvalue weighted by atomic mass is 10.1. The van der Waals surface area contributed by atoms with E-state index in [9.17, 15) is 13.2 Å². The average Bonchev–Trinajstić information content (AvgIpc) is 2.63. The molecule has 2 aromatic carbocycles. The molecular formula is C20H25ClN2O4S. The van der Waals surface area contributed by atoms with Crippen LogP contribution in [0.4, 0.5) is 5.69 Å². The minimum absolute atomic E-state index is 0.303. The minimum Gasteiger partial charge on any atom is -0.497 e. The van der Waals surface area contributed by atoms with Crippen molar-refractivity contribution in [3.63, 3.8) is 0 Å². The molecule has 0 radical (unpaired) electrons. The molecule has 152 valence electrons. The second kappa shape index (κ2) is 8.84. The quantitative estimate of drug-likeness (QED) is 0.735. The molecule has 8 heteroatoms. The van der Waals surface area contributed by atoms with E-state index < -0.39 is 22.0 Å². The fourth-order valence-corrected chi connectivity index (χ4v) is 4.30. The molecule has 0 aliphatic rings. The number of halogens is 1. The van der Waals surface area contributed by atoms with Gasteiger partial charge in [-0.1, -0.05) is 29.8 Å². The number of amides is 1. The van der Waals surface area contributed by atoms with E-state index in [0.29, 0.717) is 16.3 Å². The first kappa shape index (κ1) is 22.0. The van der Waals surface area contributed by atoms with Crippen molar-refractivity contribution < 1.29 is 17.9 Å². The zero-order valence-electron chi connectivity index (χ0n) is 16.6. The number of carbonyl (C=O) groups excluding carboxylic acids is 1. The van der Waals surface area contributed by atoms with Gasteiger partial charge in [-0.05, 0) is 56.2 Å². The van der Waals surface area contributed by atoms with Crippen LogP contribution in [-0.4, -0.2) is 33.7 Å². The molecule has 2 atom stereocenters. The highest BCUT2D eigenvalue weighted by atomic mass is 35.5. The van der Waals surface area contributed by atoms with Gasteiger partial charge in [0.05, 0.1) is 25.1 Å². The number of hydrogen-bond acceptors (Lipinski definition) is 4. The second-order valence-electron chi connectivity index (χ2n) is 6.67. The fourth-order valence-electron chi connectivity index (χ4n) is 2.91. The molecular weight excluding hydrogens is 400 g/mol. The summed E-state index contributed by atoms with van der Waals surface area (Å²) < 4.78 is 31.2. The SMILES string of the molecule is COc1ccc([C@@H](C)NC(=O)[C@@H](C)N(c2cc(Cl)ccc2C)S(C)(=O)=O)cc1. The van der Waals surface area contributed by atoms with Crippen LogP contribution in [0.15, 0.2) is 42.5 Å². The molecule has 6 nitrogen and oxygen atoms in total. The van der Waals surface area contributed by atoms with Crippen LogP contribution in [0, 0.1) is 6.92 Å². The van der Waals surface area contributed by atoms with Crippen LogP contribution in [0.3, 0.4) is 0 Å². The largest absolute Gasteiger partial charge is 0.497 e. The number of hydrogen-bond donors (Lipinski definition) is 1. The van der Waals surface area contributed by atoms with E-state index in [4.69, 9.17) is 16.3 Å². The summed E-state index contributed by atoms with van der Waals surface area (Å²) in [6.45, 7) is 5.16. The highest BCUT2D eigenvalue weighted by molar-refractivity contribution is 7.92. The average molecular weight is 425 g/mol. The van der Waals surface area contributed by atoms with Crippen molar-refractivity contribution in [1.82, 2.24) is 5.32 Å². The number of carbonyl (C=O) groups is 1. The normalized spacial score (nSPS) is 13.5. The molecule has 0 saturated carbocycles. The number of aryl methyl sites for hydroxylation is 1. The van der Waals surface area contributed by atoms with Crippen LogP contribution in [0.2, 0.25) is 5.02 Å². The Kier molecular flexibility index (Phi) is 6.96. The van der Waals surface area contributed by atoms with E-state index >= 15 is 0 Å². The van der Waals surface area contributed by atoms with Crippen molar-refractivity contribution in [2.75, 3.05) is 17.7 Å². The van der Waals surface area contributed by atoms with Crippen molar-refractivity contribution in [3.05, 3.63) is 58.6 Å². The van der Waals surface area contributed by atoms with E-state index in [1.807, 2.05) is 19.1 Å². The molecule has 1 amide bonds. The Morgan fingerprint density at radius 2 is 1.75 bits per heavy atom. The van der Waals surface area contributed by atoms with E-state index in [1.54, 1.807) is 51.3 Å². The lowest BCUT2D eigenvalue weighted by Gasteiger charge is -2.30. The molecule has 0 aliphatic heterocycles. The fraction of sp³-hybridized carbons (Fsp3) is 0.350. The molecule has 28 heavy (non-hydrogen) atoms. The Morgan fingerprint density at radius 3 is 2.29 bits per heavy atom. The molecule has 0 aliphatic carbocycles. The lowest BCUT2D eigenvalue weighted by molar-refractivity contribution is -0.122. The summed E-state index contributed by atoms with van der Waals surface area (Å²) in [5.41, 5.74) is 1.97. The highest BCUT2D eigenvalue weighted by Gasteiger charge is 2.31. The third kappa shape index (κ3) is 5.17. The third-order valence-corrected chi connectivity index (χ3v) is 5.93. The second-order valence-corrected chi connectivity index (χ2v) is 8.96. The molecule has 0 spiro atoms. The Balaban J connectivity index is 2.27. The van der Waals surface area contributed by atoms with Gasteiger partial charge in [0.2, 0.25) is 15.9 Å². The monoisotopic (exact) mass is 424 g/mol. The topological polar surface area (TPSA) is 75.7 Å². The van der Waals surface area contributed by atoms with Gasteiger partial charge in [-0.3, -0.25) is 9.10 Å². The Morgan fingerprint density at radius 1 is 1.14 bits per heavy atom. The molecule has 0 fully saturated rings. The summed E-state index contributed by atoms with van der Waals surface area (Å²) >= 11 is 6.05. The van der Waals surface area contributed by atoms with Gasteiger partial charge in [0.1, 0.15) is 11.8 Å². The predicted molar refractivity (Wildman–Crippen MR) is 113 cm³/mol. The van der Waals surface area contributed by atoms with Crippen LogP contribution >= 0.6 is 11.6 Å². The Hall–Kier alpha value is -2.25. The van der Waals surface area contributed by atoms with Crippen LogP contribution in [0.1, 0.15) is 31.0 Å². The van der Waals surface area contributed by atoms with E-state index in [0.717, 1.165) is 21.9 Å². The van der Waals surface area contributed by atoms with Crippen LogP contribution in [0.5, 0.6) is 5.75 Å². The van der Waals surface area contributed by atoms with Crippen LogP contribution in [-0.2, 0) is 14.8 Å². The summed E-state index contributed by atoms with van der Waals surface area (Å²) in [7, 11) is -2.13. The Bertz CT molecular complexity index is 945. The van der Waals surface area contributed by atoms with Crippen LogP contribution in [0.25, 0.3) is 0 Å². The van der Waals surface area contributed by atoms with E-state index in [2.05, 4.69) is 5.32 Å². The lowest BCUT2D eigenvalue weighted by Crippen LogP contribution is -2.48. The summed E-state index contributed by atoms with van der Waals surface area (Å²) in [5.74, 6) is 0.309. The first-order chi connectivity index (χ1) is 13.0. The van der Waals surface area contributed by atoms with Gasteiger partial charge in [0.25, 0.3) is 0 Å². The Labute approximate surface area is 171 Å². The van der Waals surface area contributed by atoms with Crippen LogP contribution < -0.4 is 14.4 Å². The summed E-state index contributed by atoms with van der Waals surface area (Å²) in [5, 5.41) is 3.27. The van der Waals surface area contributed by atoms with Crippen molar-refractivity contribution in [2.45, 2.75) is 32.9 Å². The predicted octanol–water partition coefficient (Wildman–Crippen LogP) is 3.69. The number of ether oxygens (including phenoxy) is 1. The smallest absolute Gasteiger partial charge is 0.244 e. The van der Waals surface area contributed by atoms with Crippen molar-refractivity contribution in [1.29, 1.82) is 0 Å². The molecule has 0 bridgehead atoms. The van der Waals surface area contributed by atoms with Gasteiger partial charge in [0.15, 0.2) is 0 Å². The maximum Gasteiger partial charge on any atom is 0.244 e. The standard InChI is InChI=1S/C20H25ClN2O4S/c1-13-6-9-17(21)12-19(13)23(28(5,25)26)15(3)20(24)22-14(2)16-7-10-18(27-4)11-8-16/h6-12,14-15H,1-5H3,(H,22,24)/t14-,15-/m1/s1. The summed E-state index contributed by atoms with van der Waals surface area (Å²) in [6.07, 6.45) is 1.07. The number of nitrogens with zero attached hydrogens (tertiary/aromatic N) is 1. The minimum atomic E-state index is -3.71. The number of methoxy groups -OCH3 is 1. The zero-order valence-corrected chi connectivity index (χ0v) is 18.1. The highest BCUT2D eigenvalue weighted by Crippen LogP contribution is 2.28. The number of nitrogens with one attached hydrogen (secondary N) is 1. The first-order valence-electron chi connectivity index (χ1n) is 8.74. The molecule has 2 rings (SSSR count). The summed E-state index contributed by atoms with van der Waals surface area (Å²) in [4.78, 5) is 12.8. The van der Waals surface area contributed by atoms with E-state index in [-0.39, 0.29) is 6.04 Å². The maximum absolute atomic E-state index is 12.8. The number of rotatable bonds is 7. The van der Waals surface area contributed by atoms with Gasteiger partial charge in [-0.25, -0.2) is 8.42 Å². The van der Waals surface area contributed by atoms with Gasteiger partial charge in [-0.15, -0.1) is 0 Å². The maximum atomic E-state index is 12.8. The summed E-state index contributed by atoms with van der Waals surface area (Å²) in [6, 6.07) is 11.0. The van der Waals surface area contributed by atoms with Gasteiger partial charge < -0.3 is 10.1 Å². The number of anilines is 1. The van der Waals surface area contributed by atoms with Crippen molar-refractivity contribution in [3.8, 4) is 5.75 Å². The molecule has 0 aromatic heterocycles. The van der Waals surface area contributed by atoms with Crippen molar-refractivity contribution in [2.24, 2.45) is 0 Å². The zero-order chi connectivity index (χ0) is 21.1. The van der Waals surface area contributed by atoms with Crippen molar-refractivity contribution >= 4 is 33.2 Å². The molecule has 0 unspecified atom stereocenters. The third-order valence-electron chi connectivity index (χ3n) is 4.47. The van der Waals surface area contributed by atoms with E-state index in [1.165, 1.54) is 0 Å². The van der Waals surface area contributed by atoms with Gasteiger partial charge in [-0.2, -0.15) is 0 Å².